The molecular weight excluding hydrogens is 311 g/mol. The van der Waals surface area contributed by atoms with Crippen molar-refractivity contribution in [2.24, 2.45) is 23.7 Å². The summed E-state index contributed by atoms with van der Waals surface area (Å²) in [6.45, 7) is 0. The van der Waals surface area contributed by atoms with Gasteiger partial charge in [-0.2, -0.15) is 0 Å². The SMILES string of the molecule is Nc1c(Cl)cc(N2C(=O)[C@@H]3[C@H](C2=O)[C@@H]2C=C[C@@H]3C2)cc1Cl. The number of hydrogen-bond donors (Lipinski definition) is 1. The third-order valence-corrected chi connectivity index (χ3v) is 5.42. The molecule has 2 fully saturated rings. The van der Waals surface area contributed by atoms with Crippen LogP contribution < -0.4 is 10.6 Å². The van der Waals surface area contributed by atoms with E-state index in [9.17, 15) is 9.59 Å². The van der Waals surface area contributed by atoms with Crippen molar-refractivity contribution in [3.63, 3.8) is 0 Å². The first-order valence-corrected chi connectivity index (χ1v) is 7.55. The van der Waals surface area contributed by atoms with Crippen LogP contribution in [-0.2, 0) is 9.59 Å². The summed E-state index contributed by atoms with van der Waals surface area (Å²) in [6, 6.07) is 3.05. The molecule has 4 rings (SSSR count). The van der Waals surface area contributed by atoms with E-state index in [1.807, 2.05) is 0 Å². The van der Waals surface area contributed by atoms with Crippen molar-refractivity contribution >= 4 is 46.4 Å². The maximum absolute atomic E-state index is 12.6. The Balaban J connectivity index is 1.78. The molecule has 1 aromatic carbocycles. The fraction of sp³-hybridized carbons (Fsp3) is 0.333. The summed E-state index contributed by atoms with van der Waals surface area (Å²) < 4.78 is 0. The van der Waals surface area contributed by atoms with Gasteiger partial charge in [0.05, 0.1) is 33.3 Å². The highest BCUT2D eigenvalue weighted by Crippen LogP contribution is 2.53. The summed E-state index contributed by atoms with van der Waals surface area (Å²) >= 11 is 12.0. The zero-order valence-electron chi connectivity index (χ0n) is 10.9. The van der Waals surface area contributed by atoms with Gasteiger partial charge in [-0.25, -0.2) is 4.90 Å². The van der Waals surface area contributed by atoms with Crippen molar-refractivity contribution in [3.05, 3.63) is 34.3 Å². The van der Waals surface area contributed by atoms with Crippen molar-refractivity contribution in [2.75, 3.05) is 10.6 Å². The number of nitrogens with zero attached hydrogens (tertiary/aromatic N) is 1. The number of carbonyl (C=O) groups excluding carboxylic acids is 2. The van der Waals surface area contributed by atoms with E-state index >= 15 is 0 Å². The zero-order valence-corrected chi connectivity index (χ0v) is 12.4. The molecule has 1 saturated heterocycles. The molecule has 1 aromatic rings. The molecule has 4 nitrogen and oxygen atoms in total. The van der Waals surface area contributed by atoms with Crippen molar-refractivity contribution in [3.8, 4) is 0 Å². The number of anilines is 2. The van der Waals surface area contributed by atoms with Gasteiger partial charge in [-0.15, -0.1) is 0 Å². The maximum atomic E-state index is 12.6. The molecule has 108 valence electrons. The molecule has 1 aliphatic heterocycles. The summed E-state index contributed by atoms with van der Waals surface area (Å²) in [5, 5.41) is 0.493. The number of nitrogens with two attached hydrogens (primary N) is 1. The molecule has 2 bridgehead atoms. The van der Waals surface area contributed by atoms with Crippen LogP contribution in [-0.4, -0.2) is 11.8 Å². The predicted molar refractivity (Wildman–Crippen MR) is 81.1 cm³/mol. The lowest BCUT2D eigenvalue weighted by Crippen LogP contribution is -2.32. The van der Waals surface area contributed by atoms with Crippen molar-refractivity contribution < 1.29 is 9.59 Å². The number of hydrogen-bond acceptors (Lipinski definition) is 3. The fourth-order valence-electron chi connectivity index (χ4n) is 3.86. The molecular formula is C15H12Cl2N2O2. The summed E-state index contributed by atoms with van der Waals surface area (Å²) in [5.74, 6) is -0.412. The first-order chi connectivity index (χ1) is 9.99. The predicted octanol–water partition coefficient (Wildman–Crippen LogP) is 2.89. The number of allylic oxidation sites excluding steroid dienone is 2. The van der Waals surface area contributed by atoms with Gasteiger partial charge in [0.1, 0.15) is 0 Å². The van der Waals surface area contributed by atoms with Gasteiger partial charge < -0.3 is 5.73 Å². The molecule has 1 heterocycles. The zero-order chi connectivity index (χ0) is 14.9. The minimum atomic E-state index is -0.234. The van der Waals surface area contributed by atoms with Gasteiger partial charge in [-0.05, 0) is 30.4 Å². The van der Waals surface area contributed by atoms with Crippen LogP contribution in [0.15, 0.2) is 24.3 Å². The van der Waals surface area contributed by atoms with Crippen molar-refractivity contribution in [2.45, 2.75) is 6.42 Å². The quantitative estimate of drug-likeness (QED) is 0.491. The molecule has 0 radical (unpaired) electrons. The van der Waals surface area contributed by atoms with E-state index in [-0.39, 0.29) is 51.2 Å². The first-order valence-electron chi connectivity index (χ1n) is 6.79. The van der Waals surface area contributed by atoms with E-state index in [1.54, 1.807) is 0 Å². The van der Waals surface area contributed by atoms with Gasteiger partial charge in [0, 0.05) is 0 Å². The number of carbonyl (C=O) groups is 2. The van der Waals surface area contributed by atoms with Crippen LogP contribution in [0.5, 0.6) is 0 Å². The largest absolute Gasteiger partial charge is 0.396 e. The number of imide groups is 1. The lowest BCUT2D eigenvalue weighted by Gasteiger charge is -2.18. The average Bonchev–Trinajstić information content (AvgIpc) is 3.10. The lowest BCUT2D eigenvalue weighted by atomic mass is 9.85. The molecule has 2 N–H and O–H groups in total. The Hall–Kier alpha value is -1.52. The standard InChI is InChI=1S/C15H12Cl2N2O2/c16-9-4-8(5-10(17)13(9)18)19-14(20)11-6-1-2-7(3-6)12(11)15(19)21/h1-2,4-7,11-12H,3,18H2/t6-,7-,11-,12+/m1/s1. The average molecular weight is 323 g/mol. The van der Waals surface area contributed by atoms with Crippen LogP contribution in [0.1, 0.15) is 6.42 Å². The smallest absolute Gasteiger partial charge is 0.238 e. The van der Waals surface area contributed by atoms with Crippen LogP contribution >= 0.6 is 23.2 Å². The highest BCUT2D eigenvalue weighted by Gasteiger charge is 2.59. The Morgan fingerprint density at radius 3 is 1.95 bits per heavy atom. The van der Waals surface area contributed by atoms with E-state index in [1.165, 1.54) is 17.0 Å². The van der Waals surface area contributed by atoms with E-state index in [4.69, 9.17) is 28.9 Å². The molecule has 0 unspecified atom stereocenters. The minimum Gasteiger partial charge on any atom is -0.396 e. The molecule has 0 aromatic heterocycles. The van der Waals surface area contributed by atoms with Gasteiger partial charge >= 0.3 is 0 Å². The Morgan fingerprint density at radius 1 is 1.00 bits per heavy atom. The molecule has 2 aliphatic carbocycles. The first kappa shape index (κ1) is 13.2. The lowest BCUT2D eigenvalue weighted by molar-refractivity contribution is -0.123. The molecule has 21 heavy (non-hydrogen) atoms. The number of halogens is 2. The number of amides is 2. The van der Waals surface area contributed by atoms with Crippen LogP contribution in [0.4, 0.5) is 11.4 Å². The maximum Gasteiger partial charge on any atom is 0.238 e. The fourth-order valence-corrected chi connectivity index (χ4v) is 4.33. The normalized spacial score (nSPS) is 33.1. The van der Waals surface area contributed by atoms with Gasteiger partial charge in [0.15, 0.2) is 0 Å². The topological polar surface area (TPSA) is 63.4 Å². The van der Waals surface area contributed by atoms with E-state index < -0.39 is 0 Å². The number of benzene rings is 1. The highest BCUT2D eigenvalue weighted by atomic mass is 35.5. The van der Waals surface area contributed by atoms with Gasteiger partial charge in [-0.3, -0.25) is 9.59 Å². The molecule has 1 saturated carbocycles. The second kappa shape index (κ2) is 4.24. The van der Waals surface area contributed by atoms with Gasteiger partial charge in [0.25, 0.3) is 0 Å². The van der Waals surface area contributed by atoms with E-state index in [0.717, 1.165) is 6.42 Å². The highest BCUT2D eigenvalue weighted by molar-refractivity contribution is 6.39. The van der Waals surface area contributed by atoms with E-state index in [0.29, 0.717) is 5.69 Å². The van der Waals surface area contributed by atoms with E-state index in [2.05, 4.69) is 12.2 Å². The molecule has 2 amide bonds. The summed E-state index contributed by atoms with van der Waals surface area (Å²) in [5.41, 5.74) is 6.36. The number of rotatable bonds is 1. The second-order valence-electron chi connectivity index (χ2n) is 5.83. The van der Waals surface area contributed by atoms with Crippen LogP contribution in [0, 0.1) is 23.7 Å². The summed E-state index contributed by atoms with van der Waals surface area (Å²) in [6.07, 6.45) is 5.02. The molecule has 4 atom stereocenters. The molecule has 0 spiro atoms. The molecule has 3 aliphatic rings. The second-order valence-corrected chi connectivity index (χ2v) is 6.65. The van der Waals surface area contributed by atoms with Crippen LogP contribution in [0.2, 0.25) is 10.0 Å². The minimum absolute atomic E-state index is 0.154. The Bertz CT molecular complexity index is 663. The third kappa shape index (κ3) is 1.63. The number of fused-ring (bicyclic) bond motifs is 5. The van der Waals surface area contributed by atoms with Gasteiger partial charge in [0.2, 0.25) is 11.8 Å². The Kier molecular flexibility index (Phi) is 2.66. The summed E-state index contributed by atoms with van der Waals surface area (Å²) in [7, 11) is 0. The summed E-state index contributed by atoms with van der Waals surface area (Å²) in [4.78, 5) is 26.5. The van der Waals surface area contributed by atoms with Crippen LogP contribution in [0.3, 0.4) is 0 Å². The van der Waals surface area contributed by atoms with Crippen LogP contribution in [0.25, 0.3) is 0 Å². The third-order valence-electron chi connectivity index (χ3n) is 4.79. The Labute approximate surface area is 131 Å². The Morgan fingerprint density at radius 2 is 1.48 bits per heavy atom. The van der Waals surface area contributed by atoms with Crippen molar-refractivity contribution in [1.29, 1.82) is 0 Å². The monoisotopic (exact) mass is 322 g/mol. The van der Waals surface area contributed by atoms with Crippen molar-refractivity contribution in [1.82, 2.24) is 0 Å². The number of nitrogen functional groups attached to an aromatic ring is 1. The van der Waals surface area contributed by atoms with Gasteiger partial charge in [-0.1, -0.05) is 35.4 Å². The molecule has 6 heteroatoms.